The van der Waals surface area contributed by atoms with Crippen molar-refractivity contribution >= 4 is 12.1 Å². The Kier molecular flexibility index (Phi) is 18.5. The summed E-state index contributed by atoms with van der Waals surface area (Å²) in [5.74, 6) is 1.78. The Balaban J connectivity index is 3.80. The van der Waals surface area contributed by atoms with Crippen LogP contribution < -0.4 is 5.32 Å². The van der Waals surface area contributed by atoms with Gasteiger partial charge in [0.2, 0.25) is 0 Å². The number of hydrogen-bond donors (Lipinski definition) is 1. The normalized spacial score (nSPS) is 12.6. The molecule has 2 atom stereocenters. The van der Waals surface area contributed by atoms with Gasteiger partial charge in [0.15, 0.2) is 6.61 Å². The molecule has 1 N–H and O–H groups in total. The second kappa shape index (κ2) is 19.6. The van der Waals surface area contributed by atoms with Crippen LogP contribution in [0.15, 0.2) is 0 Å². The summed E-state index contributed by atoms with van der Waals surface area (Å²) in [5.41, 5.74) is 0. The number of unbranched alkanes of at least 4 members (excludes halogenated alkanes) is 11. The molecule has 5 nitrogen and oxygen atoms in total. The van der Waals surface area contributed by atoms with E-state index in [9.17, 15) is 9.59 Å². The minimum atomic E-state index is -0.706. The number of esters is 1. The molecular formula is C24H43NO4. The zero-order valence-corrected chi connectivity index (χ0v) is 19.0. The molecule has 0 heterocycles. The summed E-state index contributed by atoms with van der Waals surface area (Å²) in [5, 5.41) is 2.57. The van der Waals surface area contributed by atoms with Crippen molar-refractivity contribution in [2.24, 2.45) is 5.92 Å². The maximum absolute atomic E-state index is 12.3. The van der Waals surface area contributed by atoms with Crippen molar-refractivity contribution in [2.75, 3.05) is 13.2 Å². The lowest BCUT2D eigenvalue weighted by Crippen LogP contribution is -2.46. The van der Waals surface area contributed by atoms with E-state index in [1.165, 1.54) is 64.2 Å². The quantitative estimate of drug-likeness (QED) is 0.171. The summed E-state index contributed by atoms with van der Waals surface area (Å²) >= 11 is 0. The highest BCUT2D eigenvalue weighted by Crippen LogP contribution is 2.13. The average molecular weight is 410 g/mol. The lowest BCUT2D eigenvalue weighted by Gasteiger charge is -2.22. The van der Waals surface area contributed by atoms with Crippen molar-refractivity contribution < 1.29 is 19.1 Å². The molecule has 29 heavy (non-hydrogen) atoms. The van der Waals surface area contributed by atoms with Gasteiger partial charge >= 0.3 is 12.1 Å². The first-order valence-corrected chi connectivity index (χ1v) is 11.6. The number of carbonyl (C=O) groups excluding carboxylic acids is 2. The number of alkyl carbamates (subject to hydrolysis) is 1. The first-order chi connectivity index (χ1) is 14.1. The molecule has 0 aliphatic carbocycles. The van der Waals surface area contributed by atoms with Crippen LogP contribution in [0.1, 0.15) is 104 Å². The van der Waals surface area contributed by atoms with E-state index in [1.807, 2.05) is 13.8 Å². The van der Waals surface area contributed by atoms with Gasteiger partial charge in [-0.25, -0.2) is 9.59 Å². The minimum Gasteiger partial charge on any atom is -0.464 e. The van der Waals surface area contributed by atoms with Gasteiger partial charge in [0.05, 0.1) is 6.61 Å². The lowest BCUT2D eigenvalue weighted by molar-refractivity contribution is -0.147. The SMILES string of the molecule is C#CCOC(=O)NC(C(=O)OCCCCCCCCCCCCCC)C(C)CC. The molecule has 0 saturated heterocycles. The van der Waals surface area contributed by atoms with Crippen LogP contribution in [-0.4, -0.2) is 31.3 Å². The molecule has 0 saturated carbocycles. The fraction of sp³-hybridized carbons (Fsp3) is 0.833. The third-order valence-electron chi connectivity index (χ3n) is 5.27. The zero-order valence-electron chi connectivity index (χ0n) is 19.0. The van der Waals surface area contributed by atoms with Crippen molar-refractivity contribution in [3.63, 3.8) is 0 Å². The third-order valence-corrected chi connectivity index (χ3v) is 5.27. The first-order valence-electron chi connectivity index (χ1n) is 11.6. The lowest BCUT2D eigenvalue weighted by atomic mass is 9.99. The Morgan fingerprint density at radius 3 is 1.86 bits per heavy atom. The summed E-state index contributed by atoms with van der Waals surface area (Å²) in [6.07, 6.45) is 20.3. The Labute approximate surface area is 178 Å². The second-order valence-corrected chi connectivity index (χ2v) is 7.84. The van der Waals surface area contributed by atoms with Crippen LogP contribution in [0.4, 0.5) is 4.79 Å². The van der Waals surface area contributed by atoms with Crippen LogP contribution in [-0.2, 0) is 14.3 Å². The Hall–Kier alpha value is -1.70. The van der Waals surface area contributed by atoms with Gasteiger partial charge < -0.3 is 14.8 Å². The van der Waals surface area contributed by atoms with Crippen LogP contribution in [0.25, 0.3) is 0 Å². The van der Waals surface area contributed by atoms with Gasteiger partial charge in [0.25, 0.3) is 0 Å². The van der Waals surface area contributed by atoms with Crippen LogP contribution >= 0.6 is 0 Å². The summed E-state index contributed by atoms with van der Waals surface area (Å²) in [4.78, 5) is 24.0. The van der Waals surface area contributed by atoms with Gasteiger partial charge in [-0.15, -0.1) is 6.42 Å². The Morgan fingerprint density at radius 1 is 0.862 bits per heavy atom. The largest absolute Gasteiger partial charge is 0.464 e. The molecular weight excluding hydrogens is 366 g/mol. The summed E-state index contributed by atoms with van der Waals surface area (Å²) in [6.45, 7) is 6.39. The monoisotopic (exact) mass is 409 g/mol. The fourth-order valence-electron chi connectivity index (χ4n) is 3.15. The Morgan fingerprint density at radius 2 is 1.38 bits per heavy atom. The molecule has 1 amide bonds. The molecule has 0 spiro atoms. The molecule has 0 aliphatic rings. The number of ether oxygens (including phenoxy) is 2. The predicted octanol–water partition coefficient (Wildman–Crippen LogP) is 6.00. The molecule has 0 radical (unpaired) electrons. The topological polar surface area (TPSA) is 64.6 Å². The van der Waals surface area contributed by atoms with E-state index in [2.05, 4.69) is 18.2 Å². The molecule has 0 aromatic heterocycles. The average Bonchev–Trinajstić information content (AvgIpc) is 2.73. The smallest absolute Gasteiger partial charge is 0.408 e. The van der Waals surface area contributed by atoms with Gasteiger partial charge in [-0.05, 0) is 12.3 Å². The summed E-state index contributed by atoms with van der Waals surface area (Å²) < 4.78 is 10.2. The van der Waals surface area contributed by atoms with Gasteiger partial charge in [-0.3, -0.25) is 0 Å². The summed E-state index contributed by atoms with van der Waals surface area (Å²) in [6, 6.07) is -0.706. The van der Waals surface area contributed by atoms with E-state index >= 15 is 0 Å². The van der Waals surface area contributed by atoms with Crippen molar-refractivity contribution in [3.05, 3.63) is 0 Å². The predicted molar refractivity (Wildman–Crippen MR) is 119 cm³/mol. The van der Waals surface area contributed by atoms with Gasteiger partial charge in [-0.1, -0.05) is 104 Å². The molecule has 0 aliphatic heterocycles. The van der Waals surface area contributed by atoms with E-state index < -0.39 is 18.1 Å². The van der Waals surface area contributed by atoms with E-state index in [1.54, 1.807) is 0 Å². The standard InChI is InChI=1S/C24H43NO4/c1-5-8-9-10-11-12-13-14-15-16-17-18-20-28-23(26)22(21(4)7-3)25-24(27)29-19-6-2/h2,21-22H,5,7-20H2,1,3-4H3,(H,25,27). The number of terminal acetylenes is 1. The van der Waals surface area contributed by atoms with E-state index in [0.29, 0.717) is 6.61 Å². The van der Waals surface area contributed by atoms with E-state index in [4.69, 9.17) is 15.9 Å². The highest BCUT2D eigenvalue weighted by atomic mass is 16.6. The molecule has 0 fully saturated rings. The van der Waals surface area contributed by atoms with E-state index in [-0.39, 0.29) is 12.5 Å². The van der Waals surface area contributed by atoms with E-state index in [0.717, 1.165) is 19.3 Å². The molecule has 168 valence electrons. The first kappa shape index (κ1) is 27.3. The maximum Gasteiger partial charge on any atom is 0.408 e. The van der Waals surface area contributed by atoms with Crippen LogP contribution in [0.3, 0.4) is 0 Å². The highest BCUT2D eigenvalue weighted by molar-refractivity contribution is 5.81. The van der Waals surface area contributed by atoms with Crippen LogP contribution in [0, 0.1) is 18.3 Å². The number of carbonyl (C=O) groups is 2. The second-order valence-electron chi connectivity index (χ2n) is 7.84. The molecule has 0 rings (SSSR count). The van der Waals surface area contributed by atoms with Crippen LogP contribution in [0.2, 0.25) is 0 Å². The number of nitrogens with one attached hydrogen (secondary N) is 1. The molecule has 2 unspecified atom stereocenters. The number of amides is 1. The van der Waals surface area contributed by atoms with Gasteiger partial charge in [0.1, 0.15) is 6.04 Å². The van der Waals surface area contributed by atoms with Crippen molar-refractivity contribution in [3.8, 4) is 12.3 Å². The molecule has 0 aromatic rings. The van der Waals surface area contributed by atoms with Crippen LogP contribution in [0.5, 0.6) is 0 Å². The molecule has 0 bridgehead atoms. The Bertz CT molecular complexity index is 458. The number of rotatable bonds is 18. The highest BCUT2D eigenvalue weighted by Gasteiger charge is 2.27. The van der Waals surface area contributed by atoms with Crippen molar-refractivity contribution in [1.29, 1.82) is 0 Å². The maximum atomic E-state index is 12.3. The fourth-order valence-corrected chi connectivity index (χ4v) is 3.15. The molecule has 0 aromatic carbocycles. The van der Waals surface area contributed by atoms with Gasteiger partial charge in [0, 0.05) is 0 Å². The third kappa shape index (κ3) is 15.9. The van der Waals surface area contributed by atoms with Crippen molar-refractivity contribution in [2.45, 2.75) is 110 Å². The van der Waals surface area contributed by atoms with Crippen molar-refractivity contribution in [1.82, 2.24) is 5.32 Å². The summed E-state index contributed by atoms with van der Waals surface area (Å²) in [7, 11) is 0. The number of hydrogen-bond acceptors (Lipinski definition) is 4. The minimum absolute atomic E-state index is 0.0390. The van der Waals surface area contributed by atoms with Gasteiger partial charge in [-0.2, -0.15) is 0 Å². The molecule has 5 heteroatoms. The zero-order chi connectivity index (χ0) is 21.7.